The SMILES string of the molecule is CC(C)Oc1ccc(NC(=O)c2ccc(=O)n(C)n2)c(Cl)c1. The normalized spacial score (nSPS) is 10.6. The highest BCUT2D eigenvalue weighted by molar-refractivity contribution is 6.34. The first-order chi connectivity index (χ1) is 10.4. The predicted octanol–water partition coefficient (Wildman–Crippen LogP) is 2.47. The average molecular weight is 322 g/mol. The van der Waals surface area contributed by atoms with Crippen LogP contribution >= 0.6 is 11.6 Å². The van der Waals surface area contributed by atoms with Crippen molar-refractivity contribution in [3.8, 4) is 5.75 Å². The van der Waals surface area contributed by atoms with E-state index in [9.17, 15) is 9.59 Å². The first-order valence-electron chi connectivity index (χ1n) is 6.68. The fraction of sp³-hybridized carbons (Fsp3) is 0.267. The number of carbonyl (C=O) groups is 1. The van der Waals surface area contributed by atoms with Crippen LogP contribution in [-0.2, 0) is 7.05 Å². The molecule has 6 nitrogen and oxygen atoms in total. The van der Waals surface area contributed by atoms with Crippen molar-refractivity contribution in [3.63, 3.8) is 0 Å². The van der Waals surface area contributed by atoms with Gasteiger partial charge < -0.3 is 10.1 Å². The number of nitrogens with zero attached hydrogens (tertiary/aromatic N) is 2. The summed E-state index contributed by atoms with van der Waals surface area (Å²) in [7, 11) is 1.48. The van der Waals surface area contributed by atoms with E-state index in [-0.39, 0.29) is 17.4 Å². The molecule has 0 fully saturated rings. The van der Waals surface area contributed by atoms with Crippen molar-refractivity contribution in [2.24, 2.45) is 7.05 Å². The summed E-state index contributed by atoms with van der Waals surface area (Å²) >= 11 is 6.13. The van der Waals surface area contributed by atoms with Crippen molar-refractivity contribution in [2.45, 2.75) is 20.0 Å². The largest absolute Gasteiger partial charge is 0.491 e. The Morgan fingerprint density at radius 3 is 2.64 bits per heavy atom. The van der Waals surface area contributed by atoms with Crippen LogP contribution in [0.5, 0.6) is 5.75 Å². The first kappa shape index (κ1) is 16.0. The topological polar surface area (TPSA) is 73.2 Å². The number of anilines is 1. The van der Waals surface area contributed by atoms with Crippen molar-refractivity contribution in [1.29, 1.82) is 0 Å². The Kier molecular flexibility index (Phi) is 4.82. The molecule has 1 aromatic heterocycles. The van der Waals surface area contributed by atoms with E-state index in [0.717, 1.165) is 4.68 Å². The summed E-state index contributed by atoms with van der Waals surface area (Å²) in [6, 6.07) is 7.64. The summed E-state index contributed by atoms with van der Waals surface area (Å²) in [6.45, 7) is 3.82. The molecule has 22 heavy (non-hydrogen) atoms. The highest BCUT2D eigenvalue weighted by atomic mass is 35.5. The third-order valence-electron chi connectivity index (χ3n) is 2.75. The van der Waals surface area contributed by atoms with Crippen molar-refractivity contribution < 1.29 is 9.53 Å². The number of aromatic nitrogens is 2. The van der Waals surface area contributed by atoms with Crippen LogP contribution in [0.2, 0.25) is 5.02 Å². The molecule has 1 aromatic carbocycles. The molecule has 0 atom stereocenters. The number of ether oxygens (including phenoxy) is 1. The summed E-state index contributed by atoms with van der Waals surface area (Å²) in [4.78, 5) is 23.4. The summed E-state index contributed by atoms with van der Waals surface area (Å²) in [5.74, 6) is 0.174. The van der Waals surface area contributed by atoms with Crippen LogP contribution in [0.4, 0.5) is 5.69 Å². The molecule has 116 valence electrons. The number of nitrogens with one attached hydrogen (secondary N) is 1. The molecule has 2 rings (SSSR count). The molecule has 2 aromatic rings. The maximum absolute atomic E-state index is 12.1. The van der Waals surface area contributed by atoms with Crippen molar-refractivity contribution in [3.05, 3.63) is 51.4 Å². The molecule has 7 heteroatoms. The molecule has 1 heterocycles. The van der Waals surface area contributed by atoms with Gasteiger partial charge in [0.15, 0.2) is 0 Å². The molecule has 1 amide bonds. The minimum atomic E-state index is -0.449. The lowest BCUT2D eigenvalue weighted by Crippen LogP contribution is -2.23. The van der Waals surface area contributed by atoms with Crippen LogP contribution in [-0.4, -0.2) is 21.8 Å². The molecule has 0 aliphatic rings. The third kappa shape index (κ3) is 3.85. The van der Waals surface area contributed by atoms with E-state index in [1.54, 1.807) is 18.2 Å². The van der Waals surface area contributed by atoms with E-state index < -0.39 is 5.91 Å². The Balaban J connectivity index is 2.17. The second-order valence-corrected chi connectivity index (χ2v) is 5.35. The fourth-order valence-electron chi connectivity index (χ4n) is 1.75. The Hall–Kier alpha value is -2.34. The molecular weight excluding hydrogens is 306 g/mol. The molecule has 0 spiro atoms. The van der Waals surface area contributed by atoms with Gasteiger partial charge in [-0.15, -0.1) is 0 Å². The zero-order valence-electron chi connectivity index (χ0n) is 12.5. The van der Waals surface area contributed by atoms with Crippen LogP contribution < -0.4 is 15.6 Å². The number of rotatable bonds is 4. The summed E-state index contributed by atoms with van der Waals surface area (Å²) in [5, 5.41) is 6.89. The van der Waals surface area contributed by atoms with Gasteiger partial charge in [0.05, 0.1) is 16.8 Å². The minimum absolute atomic E-state index is 0.0336. The highest BCUT2D eigenvalue weighted by Crippen LogP contribution is 2.27. The molecule has 0 radical (unpaired) electrons. The van der Waals surface area contributed by atoms with Crippen molar-refractivity contribution >= 4 is 23.2 Å². The lowest BCUT2D eigenvalue weighted by atomic mass is 10.2. The van der Waals surface area contributed by atoms with Gasteiger partial charge in [0, 0.05) is 19.2 Å². The number of hydrogen-bond donors (Lipinski definition) is 1. The molecule has 1 N–H and O–H groups in total. The third-order valence-corrected chi connectivity index (χ3v) is 3.07. The molecule has 0 aliphatic carbocycles. The van der Waals surface area contributed by atoms with E-state index >= 15 is 0 Å². The van der Waals surface area contributed by atoms with Gasteiger partial charge in [0.2, 0.25) is 0 Å². The Bertz CT molecular complexity index is 756. The van der Waals surface area contributed by atoms with E-state index in [1.165, 1.54) is 19.2 Å². The van der Waals surface area contributed by atoms with Crippen LogP contribution in [0.3, 0.4) is 0 Å². The highest BCUT2D eigenvalue weighted by Gasteiger charge is 2.12. The quantitative estimate of drug-likeness (QED) is 0.939. The number of amides is 1. The van der Waals surface area contributed by atoms with Crippen LogP contribution in [0.25, 0.3) is 0 Å². The van der Waals surface area contributed by atoms with Crippen LogP contribution in [0.15, 0.2) is 35.1 Å². The summed E-state index contributed by atoms with van der Waals surface area (Å²) in [5.41, 5.74) is 0.281. The minimum Gasteiger partial charge on any atom is -0.491 e. The van der Waals surface area contributed by atoms with Gasteiger partial charge in [-0.25, -0.2) is 4.68 Å². The monoisotopic (exact) mass is 321 g/mol. The lowest BCUT2D eigenvalue weighted by molar-refractivity contribution is 0.102. The first-order valence-corrected chi connectivity index (χ1v) is 7.06. The standard InChI is InChI=1S/C15H16ClN3O3/c1-9(2)22-10-4-5-12(11(16)8-10)17-15(21)13-6-7-14(20)19(3)18-13/h4-9H,1-3H3,(H,17,21). The zero-order chi connectivity index (χ0) is 16.3. The van der Waals surface area contributed by atoms with E-state index in [2.05, 4.69) is 10.4 Å². The van der Waals surface area contributed by atoms with Gasteiger partial charge in [-0.2, -0.15) is 5.10 Å². The lowest BCUT2D eigenvalue weighted by Gasteiger charge is -2.12. The number of aryl methyl sites for hydroxylation is 1. The fourth-order valence-corrected chi connectivity index (χ4v) is 1.97. The zero-order valence-corrected chi connectivity index (χ0v) is 13.2. The van der Waals surface area contributed by atoms with Crippen molar-refractivity contribution in [2.75, 3.05) is 5.32 Å². The molecule has 0 unspecified atom stereocenters. The summed E-state index contributed by atoms with van der Waals surface area (Å²) < 4.78 is 6.61. The summed E-state index contributed by atoms with van der Waals surface area (Å²) in [6.07, 6.45) is 0.0336. The Labute approximate surface area is 132 Å². The van der Waals surface area contributed by atoms with Gasteiger partial charge in [-0.05, 0) is 32.0 Å². The molecule has 0 saturated carbocycles. The number of hydrogen-bond acceptors (Lipinski definition) is 4. The smallest absolute Gasteiger partial charge is 0.276 e. The van der Waals surface area contributed by atoms with Gasteiger partial charge in [0.25, 0.3) is 11.5 Å². The number of halogens is 1. The maximum atomic E-state index is 12.1. The van der Waals surface area contributed by atoms with E-state index in [0.29, 0.717) is 16.5 Å². The molecule has 0 bridgehead atoms. The van der Waals surface area contributed by atoms with Gasteiger partial charge >= 0.3 is 0 Å². The second-order valence-electron chi connectivity index (χ2n) is 4.94. The van der Waals surface area contributed by atoms with Crippen LogP contribution in [0.1, 0.15) is 24.3 Å². The van der Waals surface area contributed by atoms with E-state index in [4.69, 9.17) is 16.3 Å². The molecular formula is C15H16ClN3O3. The van der Waals surface area contributed by atoms with Gasteiger partial charge in [-0.3, -0.25) is 9.59 Å². The number of carbonyl (C=O) groups excluding carboxylic acids is 1. The Morgan fingerprint density at radius 2 is 2.05 bits per heavy atom. The Morgan fingerprint density at radius 1 is 1.32 bits per heavy atom. The van der Waals surface area contributed by atoms with Crippen LogP contribution in [0, 0.1) is 0 Å². The maximum Gasteiger partial charge on any atom is 0.276 e. The second kappa shape index (κ2) is 6.62. The van der Waals surface area contributed by atoms with Gasteiger partial charge in [-0.1, -0.05) is 11.6 Å². The van der Waals surface area contributed by atoms with Crippen molar-refractivity contribution in [1.82, 2.24) is 9.78 Å². The number of benzene rings is 1. The molecule has 0 saturated heterocycles. The van der Waals surface area contributed by atoms with Gasteiger partial charge in [0.1, 0.15) is 11.4 Å². The van der Waals surface area contributed by atoms with E-state index in [1.807, 2.05) is 13.8 Å². The average Bonchev–Trinajstić information content (AvgIpc) is 2.44. The predicted molar refractivity (Wildman–Crippen MR) is 84.6 cm³/mol. The molecule has 0 aliphatic heterocycles.